The Balaban J connectivity index is 2.94. The molecule has 2 atom stereocenters. The van der Waals surface area contributed by atoms with Gasteiger partial charge >= 0.3 is 7.82 Å². The van der Waals surface area contributed by atoms with Crippen LogP contribution in [0.1, 0.15) is 47.5 Å². The first-order chi connectivity index (χ1) is 9.33. The van der Waals surface area contributed by atoms with Crippen LogP contribution in [0.3, 0.4) is 0 Å². The van der Waals surface area contributed by atoms with Crippen LogP contribution >= 0.6 is 7.82 Å². The van der Waals surface area contributed by atoms with E-state index in [1.54, 1.807) is 13.8 Å². The second-order valence-corrected chi connectivity index (χ2v) is 6.96. The maximum atomic E-state index is 12.5. The van der Waals surface area contributed by atoms with Gasteiger partial charge in [-0.3, -0.25) is 9.05 Å². The summed E-state index contributed by atoms with van der Waals surface area (Å²) >= 11 is 0. The summed E-state index contributed by atoms with van der Waals surface area (Å²) in [7, 11) is -3.50. The molecule has 0 fully saturated rings. The van der Waals surface area contributed by atoms with Crippen molar-refractivity contribution in [1.82, 2.24) is 0 Å². The van der Waals surface area contributed by atoms with Gasteiger partial charge in [-0.15, -0.1) is 0 Å². The molecule has 0 saturated heterocycles. The van der Waals surface area contributed by atoms with Crippen molar-refractivity contribution in [2.45, 2.75) is 47.5 Å². The first kappa shape index (κ1) is 17.5. The third-order valence-corrected chi connectivity index (χ3v) is 5.34. The van der Waals surface area contributed by atoms with E-state index in [0.717, 1.165) is 29.7 Å². The highest BCUT2D eigenvalue weighted by atomic mass is 31.2. The summed E-state index contributed by atoms with van der Waals surface area (Å²) in [6.45, 7) is 14.4. The van der Waals surface area contributed by atoms with Crippen molar-refractivity contribution in [1.29, 1.82) is 0 Å². The summed E-state index contributed by atoms with van der Waals surface area (Å²) < 4.78 is 28.6. The Bertz CT molecular complexity index is 418. The van der Waals surface area contributed by atoms with Crippen molar-refractivity contribution in [2.24, 2.45) is 11.8 Å². The quantitative estimate of drug-likeness (QED) is 0.486. The zero-order valence-electron chi connectivity index (χ0n) is 13.3. The Labute approximate surface area is 122 Å². The van der Waals surface area contributed by atoms with E-state index in [1.807, 2.05) is 13.8 Å². The fourth-order valence-electron chi connectivity index (χ4n) is 2.37. The van der Waals surface area contributed by atoms with Crippen LogP contribution in [-0.2, 0) is 18.1 Å². The Morgan fingerprint density at radius 2 is 1.90 bits per heavy atom. The molecule has 116 valence electrons. The van der Waals surface area contributed by atoms with Crippen LogP contribution in [0.2, 0.25) is 0 Å². The molecule has 0 bridgehead atoms. The van der Waals surface area contributed by atoms with Gasteiger partial charge in [0.15, 0.2) is 0 Å². The SMILES string of the molecule is C=C(C)[C@@H]1CC(OP(=O)(OCC)OCC)=C(C)[C@@H](C)C1. The highest BCUT2D eigenvalue weighted by molar-refractivity contribution is 7.48. The topological polar surface area (TPSA) is 44.8 Å². The Morgan fingerprint density at radius 3 is 2.35 bits per heavy atom. The molecule has 0 aliphatic heterocycles. The first-order valence-corrected chi connectivity index (χ1v) is 8.72. The molecule has 0 aromatic carbocycles. The summed E-state index contributed by atoms with van der Waals surface area (Å²) in [6, 6.07) is 0. The van der Waals surface area contributed by atoms with Crippen LogP contribution in [0.4, 0.5) is 0 Å². The molecular formula is C15H27O4P. The van der Waals surface area contributed by atoms with Gasteiger partial charge < -0.3 is 4.52 Å². The molecule has 0 radical (unpaired) electrons. The fraction of sp³-hybridized carbons (Fsp3) is 0.733. The van der Waals surface area contributed by atoms with E-state index < -0.39 is 7.82 Å². The minimum absolute atomic E-state index is 0.295. The Hall–Kier alpha value is -0.570. The summed E-state index contributed by atoms with van der Waals surface area (Å²) in [5.41, 5.74) is 2.26. The van der Waals surface area contributed by atoms with Crippen molar-refractivity contribution in [3.05, 3.63) is 23.5 Å². The highest BCUT2D eigenvalue weighted by Crippen LogP contribution is 2.54. The third-order valence-electron chi connectivity index (χ3n) is 3.74. The van der Waals surface area contributed by atoms with E-state index in [2.05, 4.69) is 13.5 Å². The monoisotopic (exact) mass is 302 g/mol. The van der Waals surface area contributed by atoms with Crippen molar-refractivity contribution in [2.75, 3.05) is 13.2 Å². The molecule has 1 aliphatic carbocycles. The number of allylic oxidation sites excluding steroid dienone is 3. The molecular weight excluding hydrogens is 275 g/mol. The van der Waals surface area contributed by atoms with E-state index in [9.17, 15) is 4.57 Å². The van der Waals surface area contributed by atoms with Gasteiger partial charge in [-0.25, -0.2) is 4.57 Å². The van der Waals surface area contributed by atoms with Crippen molar-refractivity contribution >= 4 is 7.82 Å². The van der Waals surface area contributed by atoms with E-state index in [0.29, 0.717) is 25.0 Å². The number of hydrogen-bond donors (Lipinski definition) is 0. The molecule has 0 aromatic rings. The molecule has 0 saturated carbocycles. The number of phosphoric acid groups is 1. The van der Waals surface area contributed by atoms with Gasteiger partial charge in [-0.05, 0) is 51.5 Å². The highest BCUT2D eigenvalue weighted by Gasteiger charge is 2.33. The average molecular weight is 302 g/mol. The fourth-order valence-corrected chi connectivity index (χ4v) is 3.67. The molecule has 1 rings (SSSR count). The van der Waals surface area contributed by atoms with Crippen LogP contribution < -0.4 is 0 Å². The minimum atomic E-state index is -3.50. The summed E-state index contributed by atoms with van der Waals surface area (Å²) in [4.78, 5) is 0. The average Bonchev–Trinajstić information content (AvgIpc) is 2.35. The lowest BCUT2D eigenvalue weighted by Crippen LogP contribution is -2.18. The standard InChI is InChI=1S/C15H27O4P/c1-7-17-20(16,18-8-2)19-15-10-14(11(3)4)9-12(5)13(15)6/h12,14H,3,7-10H2,1-2,4-6H3/t12-,14-/m0/s1. The van der Waals surface area contributed by atoms with Crippen LogP contribution in [0, 0.1) is 11.8 Å². The molecule has 5 heteroatoms. The number of phosphoric ester groups is 1. The molecule has 0 N–H and O–H groups in total. The number of hydrogen-bond acceptors (Lipinski definition) is 4. The van der Waals surface area contributed by atoms with Gasteiger partial charge in [0.1, 0.15) is 5.76 Å². The van der Waals surface area contributed by atoms with E-state index in [-0.39, 0.29) is 0 Å². The molecule has 4 nitrogen and oxygen atoms in total. The Kier molecular flexibility index (Phi) is 6.50. The Morgan fingerprint density at radius 1 is 1.35 bits per heavy atom. The zero-order valence-corrected chi connectivity index (χ0v) is 14.2. The van der Waals surface area contributed by atoms with Gasteiger partial charge in [-0.1, -0.05) is 19.1 Å². The summed E-state index contributed by atoms with van der Waals surface area (Å²) in [6.07, 6.45) is 1.78. The molecule has 1 aliphatic rings. The van der Waals surface area contributed by atoms with E-state index in [4.69, 9.17) is 13.6 Å². The lowest BCUT2D eigenvalue weighted by molar-refractivity contribution is 0.136. The molecule has 20 heavy (non-hydrogen) atoms. The third kappa shape index (κ3) is 4.47. The van der Waals surface area contributed by atoms with Crippen LogP contribution in [0.5, 0.6) is 0 Å². The predicted octanol–water partition coefficient (Wildman–Crippen LogP) is 5.08. The number of rotatable bonds is 7. The minimum Gasteiger partial charge on any atom is -0.409 e. The maximum Gasteiger partial charge on any atom is 0.529 e. The summed E-state index contributed by atoms with van der Waals surface area (Å²) in [5.74, 6) is 1.49. The van der Waals surface area contributed by atoms with Crippen LogP contribution in [0.15, 0.2) is 23.5 Å². The van der Waals surface area contributed by atoms with E-state index >= 15 is 0 Å². The normalized spacial score (nSPS) is 23.9. The zero-order chi connectivity index (χ0) is 15.3. The lowest BCUT2D eigenvalue weighted by Gasteiger charge is -2.31. The molecule has 0 spiro atoms. The van der Waals surface area contributed by atoms with Crippen molar-refractivity contribution < 1.29 is 18.1 Å². The van der Waals surface area contributed by atoms with Gasteiger partial charge in [0.25, 0.3) is 0 Å². The van der Waals surface area contributed by atoms with Gasteiger partial charge in [-0.2, -0.15) is 0 Å². The molecule has 0 unspecified atom stereocenters. The maximum absolute atomic E-state index is 12.5. The summed E-state index contributed by atoms with van der Waals surface area (Å²) in [5, 5.41) is 0. The first-order valence-electron chi connectivity index (χ1n) is 7.26. The second kappa shape index (κ2) is 7.44. The van der Waals surface area contributed by atoms with Crippen molar-refractivity contribution in [3.8, 4) is 0 Å². The molecule has 0 aromatic heterocycles. The van der Waals surface area contributed by atoms with Gasteiger partial charge in [0.05, 0.1) is 13.2 Å². The van der Waals surface area contributed by atoms with E-state index in [1.165, 1.54) is 0 Å². The molecule has 0 heterocycles. The van der Waals surface area contributed by atoms with Gasteiger partial charge in [0, 0.05) is 6.42 Å². The predicted molar refractivity (Wildman–Crippen MR) is 81.3 cm³/mol. The van der Waals surface area contributed by atoms with Crippen LogP contribution in [0.25, 0.3) is 0 Å². The smallest absolute Gasteiger partial charge is 0.409 e. The molecule has 0 amide bonds. The van der Waals surface area contributed by atoms with Crippen LogP contribution in [-0.4, -0.2) is 13.2 Å². The largest absolute Gasteiger partial charge is 0.529 e. The van der Waals surface area contributed by atoms with Gasteiger partial charge in [0.2, 0.25) is 0 Å². The lowest BCUT2D eigenvalue weighted by atomic mass is 9.79. The second-order valence-electron chi connectivity index (χ2n) is 5.36. The van der Waals surface area contributed by atoms with Crippen molar-refractivity contribution in [3.63, 3.8) is 0 Å².